The maximum Gasteiger partial charge on any atom is 0.324 e. The lowest BCUT2D eigenvalue weighted by Crippen LogP contribution is -2.41. The number of nitrogens with zero attached hydrogens (tertiary/aromatic N) is 3. The average molecular weight is 369 g/mol. The Bertz CT molecular complexity index is 618. The molecule has 0 aliphatic heterocycles. The lowest BCUT2D eigenvalue weighted by molar-refractivity contribution is -0.143. The minimum Gasteiger partial charge on any atom is -0.468 e. The molecule has 0 bridgehead atoms. The van der Waals surface area contributed by atoms with Gasteiger partial charge < -0.3 is 9.47 Å². The first-order valence-corrected chi connectivity index (χ1v) is 7.42. The summed E-state index contributed by atoms with van der Waals surface area (Å²) in [5.41, 5.74) is 1.07. The Labute approximate surface area is 136 Å². The molecule has 0 fully saturated rings. The average Bonchev–Trinajstić information content (AvgIpc) is 2.91. The Morgan fingerprint density at radius 3 is 2.73 bits per heavy atom. The van der Waals surface area contributed by atoms with E-state index in [1.165, 1.54) is 18.9 Å². The molecule has 2 rings (SSSR count). The summed E-state index contributed by atoms with van der Waals surface area (Å²) in [5, 5.41) is 7.30. The second-order valence-electron chi connectivity index (χ2n) is 4.49. The van der Waals surface area contributed by atoms with Gasteiger partial charge >= 0.3 is 12.0 Å². The predicted molar refractivity (Wildman–Crippen MR) is 83.4 cm³/mol. The van der Waals surface area contributed by atoms with Gasteiger partial charge in [0.2, 0.25) is 4.73 Å². The van der Waals surface area contributed by atoms with Gasteiger partial charge in [-0.25, -0.2) is 4.68 Å². The Kier molecular flexibility index (Phi) is 5.91. The van der Waals surface area contributed by atoms with Crippen LogP contribution in [0.4, 0.5) is 0 Å². The Morgan fingerprint density at radius 1 is 1.36 bits per heavy atom. The van der Waals surface area contributed by atoms with Crippen molar-refractivity contribution in [2.45, 2.75) is 19.1 Å². The molecular formula is C14H17BrN4O3. The highest BCUT2D eigenvalue weighted by Gasteiger charge is 2.22. The molecule has 2 aromatic rings. The number of halogens is 1. The standard InChI is InChI=1S/C14H17BrN4O3/c1-21-12(20)11(16-8-10-6-4-3-5-7-10)9-19-14(22-2)17-13(15)18-19/h3-7,11,16H,8-9H2,1-2H3. The molecule has 22 heavy (non-hydrogen) atoms. The van der Waals surface area contributed by atoms with Crippen LogP contribution in [0.15, 0.2) is 35.1 Å². The molecule has 1 unspecified atom stereocenters. The summed E-state index contributed by atoms with van der Waals surface area (Å²) >= 11 is 3.18. The molecule has 8 heteroatoms. The summed E-state index contributed by atoms with van der Waals surface area (Å²) in [6.45, 7) is 0.792. The number of ether oxygens (including phenoxy) is 2. The summed E-state index contributed by atoms with van der Waals surface area (Å²) in [4.78, 5) is 16.0. The maximum absolute atomic E-state index is 11.9. The third kappa shape index (κ3) is 4.28. The monoisotopic (exact) mass is 368 g/mol. The molecule has 1 atom stereocenters. The number of benzene rings is 1. The van der Waals surface area contributed by atoms with Crippen LogP contribution in [0.3, 0.4) is 0 Å². The molecule has 1 heterocycles. The van der Waals surface area contributed by atoms with E-state index >= 15 is 0 Å². The van der Waals surface area contributed by atoms with Crippen LogP contribution < -0.4 is 10.1 Å². The number of carbonyl (C=O) groups is 1. The highest BCUT2D eigenvalue weighted by atomic mass is 79.9. The van der Waals surface area contributed by atoms with Crippen molar-refractivity contribution in [2.75, 3.05) is 14.2 Å². The van der Waals surface area contributed by atoms with Crippen molar-refractivity contribution in [3.8, 4) is 6.01 Å². The second kappa shape index (κ2) is 7.90. The largest absolute Gasteiger partial charge is 0.468 e. The number of rotatable bonds is 7. The fourth-order valence-corrected chi connectivity index (χ4v) is 2.29. The lowest BCUT2D eigenvalue weighted by Gasteiger charge is -2.17. The summed E-state index contributed by atoms with van der Waals surface area (Å²) in [6.07, 6.45) is 0. The van der Waals surface area contributed by atoms with Crippen LogP contribution in [0.2, 0.25) is 0 Å². The third-order valence-corrected chi connectivity index (χ3v) is 3.37. The van der Waals surface area contributed by atoms with Crippen LogP contribution in [-0.2, 0) is 22.6 Å². The van der Waals surface area contributed by atoms with E-state index in [-0.39, 0.29) is 12.5 Å². The number of nitrogens with one attached hydrogen (secondary N) is 1. The molecule has 0 amide bonds. The molecule has 7 nitrogen and oxygen atoms in total. The first-order chi connectivity index (χ1) is 10.6. The topological polar surface area (TPSA) is 78.3 Å². The van der Waals surface area contributed by atoms with Crippen LogP contribution in [0.25, 0.3) is 0 Å². The quantitative estimate of drug-likeness (QED) is 0.743. The number of methoxy groups -OCH3 is 2. The zero-order valence-electron chi connectivity index (χ0n) is 12.3. The van der Waals surface area contributed by atoms with Crippen LogP contribution in [-0.4, -0.2) is 41.0 Å². The van der Waals surface area contributed by atoms with E-state index in [0.717, 1.165) is 5.56 Å². The van der Waals surface area contributed by atoms with Gasteiger partial charge in [0.25, 0.3) is 0 Å². The van der Waals surface area contributed by atoms with E-state index in [2.05, 4.69) is 31.3 Å². The molecular weight excluding hydrogens is 352 g/mol. The van der Waals surface area contributed by atoms with Gasteiger partial charge in [0, 0.05) is 6.54 Å². The Morgan fingerprint density at radius 2 is 2.09 bits per heavy atom. The SMILES string of the molecule is COC(=O)C(Cn1nc(Br)nc1OC)NCc1ccccc1. The van der Waals surface area contributed by atoms with Gasteiger partial charge in [-0.2, -0.15) is 4.98 Å². The minimum absolute atomic E-state index is 0.251. The van der Waals surface area contributed by atoms with Crippen LogP contribution in [0.5, 0.6) is 6.01 Å². The van der Waals surface area contributed by atoms with Gasteiger partial charge in [0.05, 0.1) is 20.8 Å². The zero-order chi connectivity index (χ0) is 15.9. The zero-order valence-corrected chi connectivity index (χ0v) is 13.9. The smallest absolute Gasteiger partial charge is 0.324 e. The van der Waals surface area contributed by atoms with E-state index in [0.29, 0.717) is 17.3 Å². The lowest BCUT2D eigenvalue weighted by atomic mass is 10.2. The van der Waals surface area contributed by atoms with Crippen molar-refractivity contribution in [3.63, 3.8) is 0 Å². The predicted octanol–water partition coefficient (Wildman–Crippen LogP) is 1.38. The van der Waals surface area contributed by atoms with E-state index in [9.17, 15) is 4.79 Å². The van der Waals surface area contributed by atoms with Crippen molar-refractivity contribution in [3.05, 3.63) is 40.6 Å². The van der Waals surface area contributed by atoms with Gasteiger partial charge in [-0.3, -0.25) is 10.1 Å². The fourth-order valence-electron chi connectivity index (χ4n) is 1.95. The number of esters is 1. The van der Waals surface area contributed by atoms with Gasteiger partial charge in [-0.05, 0) is 21.5 Å². The van der Waals surface area contributed by atoms with Crippen molar-refractivity contribution >= 4 is 21.9 Å². The number of aromatic nitrogens is 3. The summed E-state index contributed by atoms with van der Waals surface area (Å²) < 4.78 is 11.9. The molecule has 0 saturated heterocycles. The molecule has 118 valence electrons. The molecule has 1 aromatic carbocycles. The van der Waals surface area contributed by atoms with Crippen molar-refractivity contribution < 1.29 is 14.3 Å². The maximum atomic E-state index is 11.9. The van der Waals surface area contributed by atoms with Gasteiger partial charge in [0.15, 0.2) is 0 Å². The first-order valence-electron chi connectivity index (χ1n) is 6.63. The van der Waals surface area contributed by atoms with Crippen molar-refractivity contribution in [2.24, 2.45) is 0 Å². The summed E-state index contributed by atoms with van der Waals surface area (Å²) in [6, 6.07) is 9.56. The number of hydrogen-bond donors (Lipinski definition) is 1. The van der Waals surface area contributed by atoms with Crippen LogP contribution >= 0.6 is 15.9 Å². The fraction of sp³-hybridized carbons (Fsp3) is 0.357. The van der Waals surface area contributed by atoms with E-state index in [1.54, 1.807) is 0 Å². The molecule has 0 aliphatic carbocycles. The number of carbonyl (C=O) groups excluding carboxylic acids is 1. The van der Waals surface area contributed by atoms with Crippen molar-refractivity contribution in [1.29, 1.82) is 0 Å². The van der Waals surface area contributed by atoms with E-state index in [1.807, 2.05) is 30.3 Å². The number of hydrogen-bond acceptors (Lipinski definition) is 6. The minimum atomic E-state index is -0.562. The molecule has 0 radical (unpaired) electrons. The van der Waals surface area contributed by atoms with Crippen LogP contribution in [0, 0.1) is 0 Å². The van der Waals surface area contributed by atoms with Gasteiger partial charge in [-0.15, -0.1) is 5.10 Å². The van der Waals surface area contributed by atoms with Gasteiger partial charge in [-0.1, -0.05) is 30.3 Å². The van der Waals surface area contributed by atoms with Gasteiger partial charge in [0.1, 0.15) is 6.04 Å². The van der Waals surface area contributed by atoms with E-state index in [4.69, 9.17) is 9.47 Å². The summed E-state index contributed by atoms with van der Waals surface area (Å²) in [7, 11) is 2.85. The Hall–Kier alpha value is -1.93. The second-order valence-corrected chi connectivity index (χ2v) is 5.20. The molecule has 1 N–H and O–H groups in total. The molecule has 0 aliphatic rings. The van der Waals surface area contributed by atoms with Crippen LogP contribution in [0.1, 0.15) is 5.56 Å². The first kappa shape index (κ1) is 16.4. The molecule has 1 aromatic heterocycles. The molecule has 0 spiro atoms. The normalized spacial score (nSPS) is 12.0. The van der Waals surface area contributed by atoms with E-state index < -0.39 is 6.04 Å². The Balaban J connectivity index is 2.07. The van der Waals surface area contributed by atoms with Crippen molar-refractivity contribution in [1.82, 2.24) is 20.1 Å². The summed E-state index contributed by atoms with van der Waals surface area (Å²) in [5.74, 6) is -0.371. The highest BCUT2D eigenvalue weighted by Crippen LogP contribution is 2.13. The highest BCUT2D eigenvalue weighted by molar-refractivity contribution is 9.10. The third-order valence-electron chi connectivity index (χ3n) is 3.03. The molecule has 0 saturated carbocycles.